The van der Waals surface area contributed by atoms with Crippen LogP contribution in [-0.4, -0.2) is 22.9 Å². The third-order valence-electron chi connectivity index (χ3n) is 5.58. The summed E-state index contributed by atoms with van der Waals surface area (Å²) in [6, 6.07) is 7.53. The average molecular weight is 358 g/mol. The lowest BCUT2D eigenvalue weighted by Crippen LogP contribution is -2.34. The smallest absolute Gasteiger partial charge is 0.306 e. The molecule has 140 valence electrons. The molecular weight excluding hydrogens is 332 g/mol. The molecule has 6 nitrogen and oxygen atoms in total. The molecule has 0 saturated heterocycles. The predicted octanol–water partition coefficient (Wildman–Crippen LogP) is 2.93. The van der Waals surface area contributed by atoms with Gasteiger partial charge in [0.15, 0.2) is 0 Å². The fourth-order valence-corrected chi connectivity index (χ4v) is 3.61. The number of hydrogen-bond acceptors (Lipinski definition) is 3. The first kappa shape index (κ1) is 18.4. The summed E-state index contributed by atoms with van der Waals surface area (Å²) in [5.74, 6) is -0.976. The van der Waals surface area contributed by atoms with Crippen LogP contribution in [0.5, 0.6) is 0 Å². The zero-order valence-electron chi connectivity index (χ0n) is 14.9. The first-order chi connectivity index (χ1) is 12.5. The predicted molar refractivity (Wildman–Crippen MR) is 97.3 cm³/mol. The molecule has 0 atom stereocenters. The van der Waals surface area contributed by atoms with E-state index >= 15 is 0 Å². The zero-order valence-corrected chi connectivity index (χ0v) is 14.9. The maximum absolute atomic E-state index is 12.3. The average Bonchev–Trinajstić information content (AvgIpc) is 2.58. The lowest BCUT2D eigenvalue weighted by molar-refractivity contribution is -0.144. The van der Waals surface area contributed by atoms with E-state index in [1.165, 1.54) is 0 Å². The molecule has 0 spiro atoms. The molecule has 2 fully saturated rings. The van der Waals surface area contributed by atoms with Crippen molar-refractivity contribution in [2.45, 2.75) is 51.5 Å². The van der Waals surface area contributed by atoms with Crippen molar-refractivity contribution in [3.63, 3.8) is 0 Å². The first-order valence-corrected chi connectivity index (χ1v) is 9.43. The van der Waals surface area contributed by atoms with Gasteiger partial charge in [-0.15, -0.1) is 0 Å². The summed E-state index contributed by atoms with van der Waals surface area (Å²) in [7, 11) is 0. The van der Waals surface area contributed by atoms with E-state index in [9.17, 15) is 14.4 Å². The van der Waals surface area contributed by atoms with Crippen molar-refractivity contribution in [1.29, 1.82) is 0 Å². The summed E-state index contributed by atoms with van der Waals surface area (Å²) in [6.45, 7) is 0.408. The number of carbonyl (C=O) groups excluding carboxylic acids is 2. The van der Waals surface area contributed by atoms with E-state index in [-0.39, 0.29) is 29.6 Å². The first-order valence-electron chi connectivity index (χ1n) is 9.43. The normalized spacial score (nSPS) is 22.9. The number of rotatable bonds is 6. The number of carboxylic acids is 1. The van der Waals surface area contributed by atoms with E-state index in [0.717, 1.165) is 30.5 Å². The van der Waals surface area contributed by atoms with Gasteiger partial charge < -0.3 is 15.7 Å². The van der Waals surface area contributed by atoms with Crippen molar-refractivity contribution >= 4 is 23.5 Å². The summed E-state index contributed by atoms with van der Waals surface area (Å²) in [5.41, 5.74) is 1.69. The monoisotopic (exact) mass is 358 g/mol. The molecule has 1 aromatic rings. The largest absolute Gasteiger partial charge is 0.481 e. The molecule has 0 aromatic heterocycles. The molecule has 26 heavy (non-hydrogen) atoms. The maximum Gasteiger partial charge on any atom is 0.306 e. The van der Waals surface area contributed by atoms with Gasteiger partial charge in [-0.3, -0.25) is 14.4 Å². The van der Waals surface area contributed by atoms with Crippen LogP contribution in [0.4, 0.5) is 5.69 Å². The topological polar surface area (TPSA) is 95.5 Å². The highest BCUT2D eigenvalue weighted by molar-refractivity contribution is 5.93. The number of aliphatic carboxylic acids is 1. The van der Waals surface area contributed by atoms with Crippen molar-refractivity contribution in [2.24, 2.45) is 17.8 Å². The molecule has 2 aliphatic carbocycles. The summed E-state index contributed by atoms with van der Waals surface area (Å²) < 4.78 is 0. The minimum absolute atomic E-state index is 0.0160. The number of amides is 2. The van der Waals surface area contributed by atoms with E-state index in [2.05, 4.69) is 10.6 Å². The Labute approximate surface area is 153 Å². The molecule has 0 unspecified atom stereocenters. The van der Waals surface area contributed by atoms with Crippen LogP contribution in [0.15, 0.2) is 24.3 Å². The van der Waals surface area contributed by atoms with Crippen LogP contribution in [0.2, 0.25) is 0 Å². The number of carbonyl (C=O) groups is 3. The van der Waals surface area contributed by atoms with Gasteiger partial charge in [-0.1, -0.05) is 18.6 Å². The zero-order chi connectivity index (χ0) is 18.5. The second kappa shape index (κ2) is 8.34. The van der Waals surface area contributed by atoms with Crippen LogP contribution in [0.3, 0.4) is 0 Å². The highest BCUT2D eigenvalue weighted by atomic mass is 16.4. The Morgan fingerprint density at radius 3 is 2.19 bits per heavy atom. The summed E-state index contributed by atoms with van der Waals surface area (Å²) in [5, 5.41) is 14.9. The van der Waals surface area contributed by atoms with Gasteiger partial charge in [-0.25, -0.2) is 0 Å². The quantitative estimate of drug-likeness (QED) is 0.728. The standard InChI is InChI=1S/C20H26N2O4/c23-18(15-7-9-16(10-8-15)20(25)26)21-12-13-3-1-6-17(11-13)22-19(24)14-4-2-5-14/h1,3,6,11,14-16H,2,4-5,7-10,12H2,(H,21,23)(H,22,24)(H,25,26). The Hall–Kier alpha value is -2.37. The molecule has 0 radical (unpaired) electrons. The molecule has 2 aliphatic rings. The number of carboxylic acid groups (broad SMARTS) is 1. The molecule has 3 rings (SSSR count). The Kier molecular flexibility index (Phi) is 5.91. The Morgan fingerprint density at radius 2 is 1.58 bits per heavy atom. The van der Waals surface area contributed by atoms with Crippen molar-refractivity contribution in [1.82, 2.24) is 5.32 Å². The van der Waals surface area contributed by atoms with Gasteiger partial charge in [-0.05, 0) is 56.2 Å². The second-order valence-electron chi connectivity index (χ2n) is 7.42. The van der Waals surface area contributed by atoms with Crippen molar-refractivity contribution in [3.05, 3.63) is 29.8 Å². The van der Waals surface area contributed by atoms with Crippen molar-refractivity contribution in [3.8, 4) is 0 Å². The maximum atomic E-state index is 12.3. The minimum Gasteiger partial charge on any atom is -0.481 e. The van der Waals surface area contributed by atoms with Crippen LogP contribution in [0, 0.1) is 17.8 Å². The number of nitrogens with one attached hydrogen (secondary N) is 2. The van der Waals surface area contributed by atoms with Crippen LogP contribution in [0.1, 0.15) is 50.5 Å². The van der Waals surface area contributed by atoms with Gasteiger partial charge in [0.2, 0.25) is 11.8 Å². The van der Waals surface area contributed by atoms with E-state index in [0.29, 0.717) is 32.2 Å². The van der Waals surface area contributed by atoms with E-state index in [1.54, 1.807) is 0 Å². The molecule has 2 saturated carbocycles. The molecule has 0 aliphatic heterocycles. The highest BCUT2D eigenvalue weighted by Gasteiger charge is 2.29. The summed E-state index contributed by atoms with van der Waals surface area (Å²) in [4.78, 5) is 35.3. The number of hydrogen-bond donors (Lipinski definition) is 3. The Morgan fingerprint density at radius 1 is 0.923 bits per heavy atom. The molecule has 0 heterocycles. The molecular formula is C20H26N2O4. The SMILES string of the molecule is O=C(O)C1CCC(C(=O)NCc2cccc(NC(=O)C3CCC3)c2)CC1. The van der Waals surface area contributed by atoms with Gasteiger partial charge in [0.05, 0.1) is 5.92 Å². The van der Waals surface area contributed by atoms with Crippen molar-refractivity contribution < 1.29 is 19.5 Å². The fraction of sp³-hybridized carbons (Fsp3) is 0.550. The Balaban J connectivity index is 1.47. The van der Waals surface area contributed by atoms with E-state index in [4.69, 9.17) is 5.11 Å². The van der Waals surface area contributed by atoms with Gasteiger partial charge in [0.25, 0.3) is 0 Å². The molecule has 3 N–H and O–H groups in total. The molecule has 1 aromatic carbocycles. The van der Waals surface area contributed by atoms with E-state index < -0.39 is 5.97 Å². The second-order valence-corrected chi connectivity index (χ2v) is 7.42. The number of benzene rings is 1. The Bertz CT molecular complexity index is 676. The third kappa shape index (κ3) is 4.62. The van der Waals surface area contributed by atoms with Crippen LogP contribution in [-0.2, 0) is 20.9 Å². The molecule has 2 amide bonds. The number of anilines is 1. The van der Waals surface area contributed by atoms with E-state index in [1.807, 2.05) is 24.3 Å². The highest BCUT2D eigenvalue weighted by Crippen LogP contribution is 2.29. The van der Waals surface area contributed by atoms with Gasteiger partial charge in [-0.2, -0.15) is 0 Å². The van der Waals surface area contributed by atoms with Crippen molar-refractivity contribution in [2.75, 3.05) is 5.32 Å². The summed E-state index contributed by atoms with van der Waals surface area (Å²) >= 11 is 0. The fourth-order valence-electron chi connectivity index (χ4n) is 3.61. The summed E-state index contributed by atoms with van der Waals surface area (Å²) in [6.07, 6.45) is 5.43. The van der Waals surface area contributed by atoms with Gasteiger partial charge in [0, 0.05) is 24.1 Å². The lowest BCUT2D eigenvalue weighted by Gasteiger charge is -2.25. The molecule has 0 bridgehead atoms. The van der Waals surface area contributed by atoms with Gasteiger partial charge in [0.1, 0.15) is 0 Å². The lowest BCUT2D eigenvalue weighted by atomic mass is 9.81. The van der Waals surface area contributed by atoms with Crippen LogP contribution >= 0.6 is 0 Å². The third-order valence-corrected chi connectivity index (χ3v) is 5.58. The minimum atomic E-state index is -0.760. The van der Waals surface area contributed by atoms with Crippen LogP contribution in [0.25, 0.3) is 0 Å². The van der Waals surface area contributed by atoms with Gasteiger partial charge >= 0.3 is 5.97 Å². The molecule has 6 heteroatoms. The van der Waals surface area contributed by atoms with Crippen LogP contribution < -0.4 is 10.6 Å².